The first-order valence-electron chi connectivity index (χ1n) is 6.57. The van der Waals surface area contributed by atoms with Gasteiger partial charge in [0.25, 0.3) is 0 Å². The van der Waals surface area contributed by atoms with Crippen molar-refractivity contribution in [3.8, 4) is 0 Å². The lowest BCUT2D eigenvalue weighted by Crippen LogP contribution is -2.30. The van der Waals surface area contributed by atoms with E-state index in [9.17, 15) is 0 Å². The number of rotatable bonds is 5. The second kappa shape index (κ2) is 6.41. The summed E-state index contributed by atoms with van der Waals surface area (Å²) in [5, 5.41) is 7.96. The Hall–Kier alpha value is -0.340. The molecule has 1 aromatic rings. The lowest BCUT2D eigenvalue weighted by molar-refractivity contribution is 0.303. The van der Waals surface area contributed by atoms with Crippen molar-refractivity contribution in [1.82, 2.24) is 5.32 Å². The minimum Gasteiger partial charge on any atom is -0.317 e. The van der Waals surface area contributed by atoms with Crippen LogP contribution in [0.2, 0.25) is 0 Å². The van der Waals surface area contributed by atoms with Crippen LogP contribution in [0.4, 0.5) is 0 Å². The van der Waals surface area contributed by atoms with Crippen LogP contribution >= 0.6 is 11.3 Å². The van der Waals surface area contributed by atoms with E-state index in [1.807, 2.05) is 11.3 Å². The predicted molar refractivity (Wildman–Crippen MR) is 72.1 cm³/mol. The normalized spacial score (nSPS) is 19.8. The Morgan fingerprint density at radius 3 is 2.81 bits per heavy atom. The van der Waals surface area contributed by atoms with Gasteiger partial charge in [0, 0.05) is 6.04 Å². The van der Waals surface area contributed by atoms with Gasteiger partial charge in [-0.15, -0.1) is 0 Å². The Bertz CT molecular complexity index is 275. The third kappa shape index (κ3) is 3.60. The summed E-state index contributed by atoms with van der Waals surface area (Å²) in [6.07, 6.45) is 9.87. The van der Waals surface area contributed by atoms with Gasteiger partial charge < -0.3 is 5.32 Å². The monoisotopic (exact) mass is 237 g/mol. The molecular formula is C14H23NS. The van der Waals surface area contributed by atoms with Crippen LogP contribution in [-0.2, 0) is 6.42 Å². The first-order valence-corrected chi connectivity index (χ1v) is 7.51. The van der Waals surface area contributed by atoms with E-state index in [0.717, 1.165) is 5.92 Å². The molecule has 1 aliphatic carbocycles. The molecule has 1 nitrogen and oxygen atoms in total. The molecule has 90 valence electrons. The molecule has 0 aliphatic heterocycles. The maximum Gasteiger partial charge on any atom is 0.0107 e. The van der Waals surface area contributed by atoms with Gasteiger partial charge in [-0.25, -0.2) is 0 Å². The molecule has 2 rings (SSSR count). The van der Waals surface area contributed by atoms with E-state index in [1.54, 1.807) is 0 Å². The standard InChI is InChI=1S/C14H23NS/c1-15-14(10-13-7-8-16-11-13)9-12-5-3-2-4-6-12/h7-8,11-12,14-15H,2-6,9-10H2,1H3. The van der Waals surface area contributed by atoms with Gasteiger partial charge in [-0.3, -0.25) is 0 Å². The van der Waals surface area contributed by atoms with Gasteiger partial charge in [0.15, 0.2) is 0 Å². The highest BCUT2D eigenvalue weighted by Gasteiger charge is 2.18. The lowest BCUT2D eigenvalue weighted by atomic mass is 9.84. The number of hydrogen-bond acceptors (Lipinski definition) is 2. The first kappa shape index (κ1) is 12.1. The topological polar surface area (TPSA) is 12.0 Å². The summed E-state index contributed by atoms with van der Waals surface area (Å²) in [5.41, 5.74) is 1.50. The zero-order valence-electron chi connectivity index (χ0n) is 10.2. The summed E-state index contributed by atoms with van der Waals surface area (Å²) in [6.45, 7) is 0. The molecule has 0 amide bonds. The van der Waals surface area contributed by atoms with E-state index in [4.69, 9.17) is 0 Å². The zero-order chi connectivity index (χ0) is 11.2. The molecule has 2 heteroatoms. The van der Waals surface area contributed by atoms with Gasteiger partial charge in [0.05, 0.1) is 0 Å². The molecule has 1 atom stereocenters. The van der Waals surface area contributed by atoms with Crippen LogP contribution in [0.15, 0.2) is 16.8 Å². The van der Waals surface area contributed by atoms with E-state index in [0.29, 0.717) is 6.04 Å². The second-order valence-electron chi connectivity index (χ2n) is 5.06. The minimum absolute atomic E-state index is 0.678. The van der Waals surface area contributed by atoms with Crippen LogP contribution in [0, 0.1) is 5.92 Å². The van der Waals surface area contributed by atoms with E-state index in [1.165, 1.54) is 50.5 Å². The van der Waals surface area contributed by atoms with Crippen molar-refractivity contribution in [2.75, 3.05) is 7.05 Å². The number of hydrogen-bond donors (Lipinski definition) is 1. The predicted octanol–water partition coefficient (Wildman–Crippen LogP) is 3.85. The van der Waals surface area contributed by atoms with Crippen LogP contribution < -0.4 is 5.32 Å². The van der Waals surface area contributed by atoms with Crippen molar-refractivity contribution >= 4 is 11.3 Å². The van der Waals surface area contributed by atoms with Crippen molar-refractivity contribution in [1.29, 1.82) is 0 Å². The molecule has 0 radical (unpaired) electrons. The van der Waals surface area contributed by atoms with Crippen LogP contribution in [-0.4, -0.2) is 13.1 Å². The fraction of sp³-hybridized carbons (Fsp3) is 0.714. The van der Waals surface area contributed by atoms with Gasteiger partial charge in [0.2, 0.25) is 0 Å². The van der Waals surface area contributed by atoms with Gasteiger partial charge in [-0.05, 0) is 48.2 Å². The average Bonchev–Trinajstić information content (AvgIpc) is 2.82. The SMILES string of the molecule is CNC(Cc1ccsc1)CC1CCCCC1. The summed E-state index contributed by atoms with van der Waals surface area (Å²) in [5.74, 6) is 0.977. The fourth-order valence-electron chi connectivity index (χ4n) is 2.82. The lowest BCUT2D eigenvalue weighted by Gasteiger charge is -2.26. The second-order valence-corrected chi connectivity index (χ2v) is 5.84. The van der Waals surface area contributed by atoms with E-state index >= 15 is 0 Å². The van der Waals surface area contributed by atoms with Gasteiger partial charge in [-0.2, -0.15) is 11.3 Å². The minimum atomic E-state index is 0.678. The molecule has 0 aromatic carbocycles. The molecule has 0 spiro atoms. The molecule has 1 aromatic heterocycles. The largest absolute Gasteiger partial charge is 0.317 e. The van der Waals surface area contributed by atoms with Gasteiger partial charge >= 0.3 is 0 Å². The molecule has 1 aliphatic rings. The Kier molecular flexibility index (Phi) is 4.86. The maximum atomic E-state index is 3.49. The summed E-state index contributed by atoms with van der Waals surface area (Å²) in [4.78, 5) is 0. The highest BCUT2D eigenvalue weighted by atomic mass is 32.1. The van der Waals surface area contributed by atoms with E-state index < -0.39 is 0 Å². The van der Waals surface area contributed by atoms with Crippen molar-refractivity contribution in [3.05, 3.63) is 22.4 Å². The number of likely N-dealkylation sites (N-methyl/N-ethyl adjacent to an activating group) is 1. The molecule has 0 bridgehead atoms. The summed E-state index contributed by atoms with van der Waals surface area (Å²) in [7, 11) is 2.11. The van der Waals surface area contributed by atoms with Crippen molar-refractivity contribution in [2.45, 2.75) is 51.0 Å². The molecule has 1 heterocycles. The van der Waals surface area contributed by atoms with Crippen LogP contribution in [0.5, 0.6) is 0 Å². The van der Waals surface area contributed by atoms with Crippen LogP contribution in [0.1, 0.15) is 44.1 Å². The summed E-state index contributed by atoms with van der Waals surface area (Å²) < 4.78 is 0. The third-order valence-corrected chi connectivity index (χ3v) is 4.55. The molecule has 1 fully saturated rings. The van der Waals surface area contributed by atoms with Gasteiger partial charge in [0.1, 0.15) is 0 Å². The van der Waals surface area contributed by atoms with Crippen molar-refractivity contribution in [3.63, 3.8) is 0 Å². The highest BCUT2D eigenvalue weighted by Crippen LogP contribution is 2.28. The Balaban J connectivity index is 1.80. The first-order chi connectivity index (χ1) is 7.88. The molecule has 1 saturated carbocycles. The van der Waals surface area contributed by atoms with Crippen molar-refractivity contribution < 1.29 is 0 Å². The Morgan fingerprint density at radius 1 is 1.38 bits per heavy atom. The quantitative estimate of drug-likeness (QED) is 0.820. The third-order valence-electron chi connectivity index (χ3n) is 3.81. The highest BCUT2D eigenvalue weighted by molar-refractivity contribution is 7.07. The number of nitrogens with one attached hydrogen (secondary N) is 1. The van der Waals surface area contributed by atoms with Crippen LogP contribution in [0.3, 0.4) is 0 Å². The van der Waals surface area contributed by atoms with Crippen molar-refractivity contribution in [2.24, 2.45) is 5.92 Å². The van der Waals surface area contributed by atoms with E-state index in [2.05, 4.69) is 29.2 Å². The summed E-state index contributed by atoms with van der Waals surface area (Å²) >= 11 is 1.81. The molecule has 16 heavy (non-hydrogen) atoms. The number of thiophene rings is 1. The molecule has 1 unspecified atom stereocenters. The Labute approximate surface area is 103 Å². The average molecular weight is 237 g/mol. The maximum absolute atomic E-state index is 3.49. The smallest absolute Gasteiger partial charge is 0.0107 e. The Morgan fingerprint density at radius 2 is 2.19 bits per heavy atom. The van der Waals surface area contributed by atoms with Crippen LogP contribution in [0.25, 0.3) is 0 Å². The van der Waals surface area contributed by atoms with Gasteiger partial charge in [-0.1, -0.05) is 32.1 Å². The fourth-order valence-corrected chi connectivity index (χ4v) is 3.50. The van der Waals surface area contributed by atoms with E-state index in [-0.39, 0.29) is 0 Å². The summed E-state index contributed by atoms with van der Waals surface area (Å²) in [6, 6.07) is 2.94. The molecule has 0 saturated heterocycles. The molecule has 1 N–H and O–H groups in total. The molecular weight excluding hydrogens is 214 g/mol. The zero-order valence-corrected chi connectivity index (χ0v) is 11.1.